The Kier molecular flexibility index (Phi) is 5.13. The summed E-state index contributed by atoms with van der Waals surface area (Å²) in [6.45, 7) is 3.91. The van der Waals surface area contributed by atoms with Crippen molar-refractivity contribution in [3.8, 4) is 6.01 Å². The van der Waals surface area contributed by atoms with Crippen molar-refractivity contribution in [2.24, 2.45) is 5.92 Å². The van der Waals surface area contributed by atoms with E-state index in [2.05, 4.69) is 15.3 Å². The predicted molar refractivity (Wildman–Crippen MR) is 88.3 cm³/mol. The molecule has 0 radical (unpaired) electrons. The summed E-state index contributed by atoms with van der Waals surface area (Å²) in [4.78, 5) is 20.9. The number of ether oxygens (including phenoxy) is 1. The Morgan fingerprint density at radius 3 is 2.26 bits per heavy atom. The molecule has 0 unspecified atom stereocenters. The quantitative estimate of drug-likeness (QED) is 0.927. The smallest absolute Gasteiger partial charge is 0.317 e. The van der Waals surface area contributed by atoms with Crippen molar-refractivity contribution in [3.63, 3.8) is 0 Å². The molecule has 1 amide bonds. The molecule has 0 aromatic carbocycles. The van der Waals surface area contributed by atoms with Crippen LogP contribution in [0.25, 0.3) is 0 Å². The van der Waals surface area contributed by atoms with Crippen LogP contribution in [0.1, 0.15) is 62.8 Å². The number of nitrogens with one attached hydrogen (secondary N) is 1. The topological polar surface area (TPSA) is 64.1 Å². The van der Waals surface area contributed by atoms with Crippen LogP contribution < -0.4 is 10.1 Å². The van der Waals surface area contributed by atoms with Gasteiger partial charge >= 0.3 is 6.01 Å². The van der Waals surface area contributed by atoms with Gasteiger partial charge in [-0.15, -0.1) is 0 Å². The second-order valence-corrected chi connectivity index (χ2v) is 7.01. The largest absolute Gasteiger partial charge is 0.460 e. The first-order chi connectivity index (χ1) is 11.1. The van der Waals surface area contributed by atoms with Gasteiger partial charge in [-0.25, -0.2) is 9.97 Å². The monoisotopic (exact) mass is 317 g/mol. The highest BCUT2D eigenvalue weighted by Gasteiger charge is 2.28. The molecule has 2 fully saturated rings. The zero-order valence-corrected chi connectivity index (χ0v) is 14.2. The van der Waals surface area contributed by atoms with E-state index >= 15 is 0 Å². The van der Waals surface area contributed by atoms with E-state index in [1.165, 1.54) is 12.8 Å². The van der Waals surface area contributed by atoms with Crippen LogP contribution in [-0.2, 0) is 4.79 Å². The van der Waals surface area contributed by atoms with Crippen molar-refractivity contribution in [2.45, 2.75) is 77.4 Å². The van der Waals surface area contributed by atoms with Gasteiger partial charge in [-0.05, 0) is 58.4 Å². The standard InChI is InChI=1S/C18H27N3O2/c1-12-11-13(2)20-18(19-12)23-16-9-7-15(8-10-16)21-17(22)14-5-3-4-6-14/h11,14-16H,3-10H2,1-2H3,(H,21,22). The van der Waals surface area contributed by atoms with Gasteiger partial charge in [0.1, 0.15) is 6.10 Å². The molecular formula is C18H27N3O2. The number of aromatic nitrogens is 2. The zero-order chi connectivity index (χ0) is 16.2. The predicted octanol–water partition coefficient (Wildman–Crippen LogP) is 3.09. The van der Waals surface area contributed by atoms with E-state index in [4.69, 9.17) is 4.74 Å². The summed E-state index contributed by atoms with van der Waals surface area (Å²) < 4.78 is 5.94. The minimum Gasteiger partial charge on any atom is -0.460 e. The van der Waals surface area contributed by atoms with E-state index in [1.807, 2.05) is 19.9 Å². The lowest BCUT2D eigenvalue weighted by Crippen LogP contribution is -2.42. The van der Waals surface area contributed by atoms with Crippen LogP contribution in [-0.4, -0.2) is 28.0 Å². The van der Waals surface area contributed by atoms with Crippen molar-refractivity contribution in [1.29, 1.82) is 0 Å². The number of nitrogens with zero attached hydrogens (tertiary/aromatic N) is 2. The van der Waals surface area contributed by atoms with Crippen molar-refractivity contribution in [3.05, 3.63) is 17.5 Å². The zero-order valence-electron chi connectivity index (χ0n) is 14.2. The van der Waals surface area contributed by atoms with E-state index in [0.29, 0.717) is 12.1 Å². The minimum atomic E-state index is 0.163. The highest BCUT2D eigenvalue weighted by Crippen LogP contribution is 2.27. The first-order valence-electron chi connectivity index (χ1n) is 8.89. The molecule has 1 aromatic heterocycles. The van der Waals surface area contributed by atoms with Crippen LogP contribution in [0.2, 0.25) is 0 Å². The maximum absolute atomic E-state index is 12.2. The number of hydrogen-bond donors (Lipinski definition) is 1. The molecule has 1 N–H and O–H groups in total. The molecule has 0 spiro atoms. The first kappa shape index (κ1) is 16.2. The lowest BCUT2D eigenvalue weighted by atomic mass is 9.92. The molecule has 126 valence electrons. The minimum absolute atomic E-state index is 0.163. The average Bonchev–Trinajstić information content (AvgIpc) is 3.02. The summed E-state index contributed by atoms with van der Waals surface area (Å²) >= 11 is 0. The molecule has 1 aromatic rings. The number of aryl methyl sites for hydroxylation is 2. The van der Waals surface area contributed by atoms with E-state index in [1.54, 1.807) is 0 Å². The average molecular weight is 317 g/mol. The van der Waals surface area contributed by atoms with Gasteiger partial charge < -0.3 is 10.1 Å². The van der Waals surface area contributed by atoms with Crippen LogP contribution in [0.15, 0.2) is 6.07 Å². The normalized spacial score (nSPS) is 25.3. The van der Waals surface area contributed by atoms with Crippen LogP contribution in [0.4, 0.5) is 0 Å². The first-order valence-corrected chi connectivity index (χ1v) is 8.89. The maximum atomic E-state index is 12.2. The summed E-state index contributed by atoms with van der Waals surface area (Å²) in [5.41, 5.74) is 1.87. The highest BCUT2D eigenvalue weighted by atomic mass is 16.5. The number of carbonyl (C=O) groups is 1. The van der Waals surface area contributed by atoms with Crippen LogP contribution in [0.5, 0.6) is 6.01 Å². The SMILES string of the molecule is Cc1cc(C)nc(OC2CCC(NC(=O)C3CCCC3)CC2)n1. The molecule has 0 saturated heterocycles. The van der Waals surface area contributed by atoms with Gasteiger partial charge in [-0.3, -0.25) is 4.79 Å². The van der Waals surface area contributed by atoms with Crippen LogP contribution in [0, 0.1) is 19.8 Å². The Hall–Kier alpha value is -1.65. The third-order valence-corrected chi connectivity index (χ3v) is 4.98. The molecule has 0 aliphatic heterocycles. The fraction of sp³-hybridized carbons (Fsp3) is 0.722. The molecule has 5 heteroatoms. The van der Waals surface area contributed by atoms with Crippen LogP contribution in [0.3, 0.4) is 0 Å². The molecular weight excluding hydrogens is 290 g/mol. The Labute approximate surface area is 138 Å². The molecule has 5 nitrogen and oxygen atoms in total. The summed E-state index contributed by atoms with van der Waals surface area (Å²) in [5.74, 6) is 0.525. The summed E-state index contributed by atoms with van der Waals surface area (Å²) in [6.07, 6.45) is 8.56. The lowest BCUT2D eigenvalue weighted by molar-refractivity contribution is -0.125. The maximum Gasteiger partial charge on any atom is 0.317 e. The number of hydrogen-bond acceptors (Lipinski definition) is 4. The summed E-state index contributed by atoms with van der Waals surface area (Å²) in [6, 6.07) is 2.74. The van der Waals surface area contributed by atoms with Crippen molar-refractivity contribution in [2.75, 3.05) is 0 Å². The Morgan fingerprint density at radius 2 is 1.65 bits per heavy atom. The molecule has 3 rings (SSSR count). The van der Waals surface area contributed by atoms with Gasteiger partial charge in [-0.1, -0.05) is 12.8 Å². The fourth-order valence-electron chi connectivity index (χ4n) is 3.73. The third kappa shape index (κ3) is 4.43. The number of amides is 1. The summed E-state index contributed by atoms with van der Waals surface area (Å²) in [7, 11) is 0. The second kappa shape index (κ2) is 7.28. The van der Waals surface area contributed by atoms with Crippen molar-refractivity contribution in [1.82, 2.24) is 15.3 Å². The summed E-state index contributed by atoms with van der Waals surface area (Å²) in [5, 5.41) is 3.24. The Bertz CT molecular complexity index is 527. The van der Waals surface area contributed by atoms with Gasteiger partial charge in [-0.2, -0.15) is 0 Å². The fourth-order valence-corrected chi connectivity index (χ4v) is 3.73. The van der Waals surface area contributed by atoms with Crippen molar-refractivity contribution < 1.29 is 9.53 Å². The van der Waals surface area contributed by atoms with Gasteiger partial charge in [0.25, 0.3) is 0 Å². The third-order valence-electron chi connectivity index (χ3n) is 4.98. The van der Waals surface area contributed by atoms with E-state index in [-0.39, 0.29) is 17.9 Å². The Morgan fingerprint density at radius 1 is 1.04 bits per heavy atom. The van der Waals surface area contributed by atoms with Gasteiger partial charge in [0, 0.05) is 23.3 Å². The number of rotatable bonds is 4. The molecule has 23 heavy (non-hydrogen) atoms. The van der Waals surface area contributed by atoms with E-state index < -0.39 is 0 Å². The van der Waals surface area contributed by atoms with Gasteiger partial charge in [0.2, 0.25) is 5.91 Å². The molecule has 2 aliphatic carbocycles. The molecule has 0 bridgehead atoms. The van der Waals surface area contributed by atoms with E-state index in [0.717, 1.165) is 49.9 Å². The molecule has 2 saturated carbocycles. The molecule has 0 atom stereocenters. The highest BCUT2D eigenvalue weighted by molar-refractivity contribution is 5.79. The van der Waals surface area contributed by atoms with Gasteiger partial charge in [0.15, 0.2) is 0 Å². The van der Waals surface area contributed by atoms with E-state index in [9.17, 15) is 4.79 Å². The Balaban J connectivity index is 1.45. The second-order valence-electron chi connectivity index (χ2n) is 7.01. The van der Waals surface area contributed by atoms with Crippen molar-refractivity contribution >= 4 is 5.91 Å². The molecule has 1 heterocycles. The molecule has 2 aliphatic rings. The van der Waals surface area contributed by atoms with Gasteiger partial charge in [0.05, 0.1) is 0 Å². The lowest BCUT2D eigenvalue weighted by Gasteiger charge is -2.29. The van der Waals surface area contributed by atoms with Crippen LogP contribution >= 0.6 is 0 Å². The number of carbonyl (C=O) groups excluding carboxylic acids is 1.